The average Bonchev–Trinajstić information content (AvgIpc) is 2.82. The van der Waals surface area contributed by atoms with Crippen molar-refractivity contribution in [3.05, 3.63) is 0 Å². The monoisotopic (exact) mass is 267 g/mol. The molecule has 0 aromatic carbocycles. The summed E-state index contributed by atoms with van der Waals surface area (Å²) >= 11 is 0. The van der Waals surface area contributed by atoms with Crippen LogP contribution in [0, 0.1) is 23.2 Å². The number of nitrogens with one attached hydrogen (secondary N) is 1. The molecule has 4 nitrogen and oxygen atoms in total. The summed E-state index contributed by atoms with van der Waals surface area (Å²) in [6.07, 6.45) is 4.02. The molecule has 2 saturated carbocycles. The van der Waals surface area contributed by atoms with Gasteiger partial charge in [-0.1, -0.05) is 20.8 Å². The number of carbonyl (C=O) groups excluding carboxylic acids is 1. The van der Waals surface area contributed by atoms with Crippen LogP contribution in [0.3, 0.4) is 0 Å². The zero-order chi connectivity index (χ0) is 14.2. The van der Waals surface area contributed by atoms with Gasteiger partial charge in [-0.15, -0.1) is 0 Å². The highest BCUT2D eigenvalue weighted by Gasteiger charge is 2.48. The minimum Gasteiger partial charge on any atom is -0.481 e. The summed E-state index contributed by atoms with van der Waals surface area (Å²) in [5.74, 6) is 0.902. The Hall–Kier alpha value is -1.06. The van der Waals surface area contributed by atoms with Gasteiger partial charge in [0.2, 0.25) is 5.91 Å². The van der Waals surface area contributed by atoms with Crippen LogP contribution in [0.2, 0.25) is 0 Å². The molecule has 0 aromatic heterocycles. The van der Waals surface area contributed by atoms with Crippen molar-refractivity contribution in [2.24, 2.45) is 23.2 Å². The number of hydrogen-bond donors (Lipinski definition) is 2. The molecule has 0 radical (unpaired) electrons. The molecular weight excluding hydrogens is 242 g/mol. The Morgan fingerprint density at radius 2 is 1.79 bits per heavy atom. The molecular formula is C15H25NO3. The average molecular weight is 267 g/mol. The normalized spacial score (nSPS) is 30.6. The third kappa shape index (κ3) is 4.22. The number of aliphatic carboxylic acids is 1. The van der Waals surface area contributed by atoms with E-state index in [9.17, 15) is 9.59 Å². The lowest BCUT2D eigenvalue weighted by Gasteiger charge is -2.27. The predicted molar refractivity (Wildman–Crippen MR) is 72.6 cm³/mol. The van der Waals surface area contributed by atoms with E-state index in [1.165, 1.54) is 6.42 Å². The maximum atomic E-state index is 12.2. The van der Waals surface area contributed by atoms with Crippen molar-refractivity contribution in [1.82, 2.24) is 5.32 Å². The highest BCUT2D eigenvalue weighted by molar-refractivity contribution is 5.80. The van der Waals surface area contributed by atoms with Gasteiger partial charge < -0.3 is 10.4 Å². The van der Waals surface area contributed by atoms with Crippen molar-refractivity contribution in [2.45, 2.75) is 58.9 Å². The topological polar surface area (TPSA) is 66.4 Å². The molecule has 0 bridgehead atoms. The van der Waals surface area contributed by atoms with Gasteiger partial charge in [-0.25, -0.2) is 0 Å². The first-order valence-electron chi connectivity index (χ1n) is 7.27. The molecule has 2 aliphatic rings. The molecule has 2 rings (SSSR count). The van der Waals surface area contributed by atoms with E-state index in [4.69, 9.17) is 5.11 Å². The van der Waals surface area contributed by atoms with Gasteiger partial charge in [0.1, 0.15) is 0 Å². The Kier molecular flexibility index (Phi) is 3.88. The van der Waals surface area contributed by atoms with Crippen molar-refractivity contribution < 1.29 is 14.7 Å². The molecule has 4 heteroatoms. The fraction of sp³-hybridized carbons (Fsp3) is 0.867. The van der Waals surface area contributed by atoms with Gasteiger partial charge in [-0.2, -0.15) is 0 Å². The number of hydrogen-bond acceptors (Lipinski definition) is 2. The Balaban J connectivity index is 1.87. The molecule has 0 spiro atoms. The smallest absolute Gasteiger partial charge is 0.305 e. The van der Waals surface area contributed by atoms with E-state index in [0.29, 0.717) is 6.42 Å². The lowest BCUT2D eigenvalue weighted by atomic mass is 9.86. The molecule has 0 aliphatic heterocycles. The molecule has 0 heterocycles. The second-order valence-corrected chi connectivity index (χ2v) is 7.49. The number of amides is 1. The van der Waals surface area contributed by atoms with E-state index < -0.39 is 5.97 Å². The van der Waals surface area contributed by atoms with Gasteiger partial charge in [-0.3, -0.25) is 9.59 Å². The van der Waals surface area contributed by atoms with Crippen LogP contribution in [-0.2, 0) is 9.59 Å². The number of carboxylic acids is 1. The zero-order valence-electron chi connectivity index (χ0n) is 12.1. The molecule has 2 fully saturated rings. The largest absolute Gasteiger partial charge is 0.481 e. The summed E-state index contributed by atoms with van der Waals surface area (Å²) in [4.78, 5) is 23.1. The van der Waals surface area contributed by atoms with Crippen LogP contribution >= 0.6 is 0 Å². The molecule has 1 amide bonds. The summed E-state index contributed by atoms with van der Waals surface area (Å²) in [6.45, 7) is 6.20. The van der Waals surface area contributed by atoms with Crippen molar-refractivity contribution in [3.63, 3.8) is 0 Å². The molecule has 2 aliphatic carbocycles. The fourth-order valence-electron chi connectivity index (χ4n) is 3.37. The number of carbonyl (C=O) groups is 2. The van der Waals surface area contributed by atoms with Crippen LogP contribution in [-0.4, -0.2) is 23.0 Å². The lowest BCUT2D eigenvalue weighted by molar-refractivity contribution is -0.138. The van der Waals surface area contributed by atoms with Crippen molar-refractivity contribution >= 4 is 11.9 Å². The molecule has 3 atom stereocenters. The van der Waals surface area contributed by atoms with Gasteiger partial charge in [0.15, 0.2) is 0 Å². The Morgan fingerprint density at radius 3 is 2.26 bits per heavy atom. The summed E-state index contributed by atoms with van der Waals surface area (Å²) in [6, 6.07) is -0.248. The minimum atomic E-state index is -0.844. The molecule has 19 heavy (non-hydrogen) atoms. The maximum absolute atomic E-state index is 12.2. The first kappa shape index (κ1) is 14.4. The van der Waals surface area contributed by atoms with Gasteiger partial charge in [0, 0.05) is 12.0 Å². The molecule has 0 saturated heterocycles. The van der Waals surface area contributed by atoms with E-state index in [1.807, 2.05) is 0 Å². The van der Waals surface area contributed by atoms with Crippen LogP contribution in [0.5, 0.6) is 0 Å². The first-order chi connectivity index (χ1) is 8.74. The first-order valence-corrected chi connectivity index (χ1v) is 7.27. The highest BCUT2D eigenvalue weighted by atomic mass is 16.4. The summed E-state index contributed by atoms with van der Waals surface area (Å²) < 4.78 is 0. The van der Waals surface area contributed by atoms with Crippen molar-refractivity contribution in [3.8, 4) is 0 Å². The second kappa shape index (κ2) is 5.14. The SMILES string of the molecule is CC(C)(C)CC(CC(=O)O)NC(=O)C1CC2CC2C1. The third-order valence-corrected chi connectivity index (χ3v) is 4.24. The zero-order valence-corrected chi connectivity index (χ0v) is 12.1. The summed E-state index contributed by atoms with van der Waals surface area (Å²) in [7, 11) is 0. The molecule has 2 N–H and O–H groups in total. The van der Waals surface area contributed by atoms with Crippen LogP contribution in [0.25, 0.3) is 0 Å². The molecule has 108 valence electrons. The lowest BCUT2D eigenvalue weighted by Crippen LogP contribution is -2.41. The summed E-state index contributed by atoms with van der Waals surface area (Å²) in [5.41, 5.74) is 0.0191. The van der Waals surface area contributed by atoms with Crippen LogP contribution in [0.15, 0.2) is 0 Å². The van der Waals surface area contributed by atoms with Gasteiger partial charge in [0.25, 0.3) is 0 Å². The van der Waals surface area contributed by atoms with Crippen molar-refractivity contribution in [2.75, 3.05) is 0 Å². The van der Waals surface area contributed by atoms with Crippen LogP contribution < -0.4 is 5.32 Å². The van der Waals surface area contributed by atoms with Gasteiger partial charge in [-0.05, 0) is 42.9 Å². The standard InChI is InChI=1S/C15H25NO3/c1-15(2,3)8-12(7-13(17)18)16-14(19)11-5-9-4-10(9)6-11/h9-12H,4-8H2,1-3H3,(H,16,19)(H,17,18). The summed E-state index contributed by atoms with van der Waals surface area (Å²) in [5, 5.41) is 11.9. The minimum absolute atomic E-state index is 0.0165. The van der Waals surface area contributed by atoms with E-state index in [1.54, 1.807) is 0 Å². The maximum Gasteiger partial charge on any atom is 0.305 e. The van der Waals surface area contributed by atoms with Crippen LogP contribution in [0.4, 0.5) is 0 Å². The highest BCUT2D eigenvalue weighted by Crippen LogP contribution is 2.54. The van der Waals surface area contributed by atoms with E-state index in [0.717, 1.165) is 24.7 Å². The van der Waals surface area contributed by atoms with E-state index >= 15 is 0 Å². The second-order valence-electron chi connectivity index (χ2n) is 7.49. The quantitative estimate of drug-likeness (QED) is 0.804. The van der Waals surface area contributed by atoms with E-state index in [2.05, 4.69) is 26.1 Å². The third-order valence-electron chi connectivity index (χ3n) is 4.24. The Bertz CT molecular complexity index is 362. The van der Waals surface area contributed by atoms with Crippen molar-refractivity contribution in [1.29, 1.82) is 0 Å². The van der Waals surface area contributed by atoms with Crippen LogP contribution in [0.1, 0.15) is 52.9 Å². The van der Waals surface area contributed by atoms with Gasteiger partial charge in [0.05, 0.1) is 6.42 Å². The van der Waals surface area contributed by atoms with Gasteiger partial charge >= 0.3 is 5.97 Å². The Morgan fingerprint density at radius 1 is 1.21 bits per heavy atom. The van der Waals surface area contributed by atoms with E-state index in [-0.39, 0.29) is 29.7 Å². The Labute approximate surface area is 115 Å². The number of fused-ring (bicyclic) bond motifs is 1. The molecule has 0 aromatic rings. The fourth-order valence-corrected chi connectivity index (χ4v) is 3.37. The molecule has 3 unspecified atom stereocenters. The number of carboxylic acid groups (broad SMARTS) is 1. The number of rotatable bonds is 5. The predicted octanol–water partition coefficient (Wildman–Crippen LogP) is 2.43.